The van der Waals surface area contributed by atoms with Gasteiger partial charge in [-0.05, 0) is 25.0 Å². The maximum Gasteiger partial charge on any atom is 0.266 e. The largest absolute Gasteiger partial charge is 0.357 e. The number of nitrogens with zero attached hydrogens (tertiary/aromatic N) is 2. The zero-order valence-electron chi connectivity index (χ0n) is 11.7. The fourth-order valence-corrected chi connectivity index (χ4v) is 3.79. The third-order valence-electron chi connectivity index (χ3n) is 4.11. The minimum Gasteiger partial charge on any atom is -0.357 e. The summed E-state index contributed by atoms with van der Waals surface area (Å²) < 4.78 is 0. The lowest BCUT2D eigenvalue weighted by atomic mass is 10.0. The van der Waals surface area contributed by atoms with E-state index in [9.17, 15) is 4.79 Å². The summed E-state index contributed by atoms with van der Waals surface area (Å²) in [5, 5.41) is 1.29. The highest BCUT2D eigenvalue weighted by Crippen LogP contribution is 2.28. The Morgan fingerprint density at radius 1 is 1.38 bits per heavy atom. The highest BCUT2D eigenvalue weighted by atomic mass is 32.1. The van der Waals surface area contributed by atoms with Gasteiger partial charge in [0, 0.05) is 23.1 Å². The van der Waals surface area contributed by atoms with Gasteiger partial charge in [-0.2, -0.15) is 0 Å². The van der Waals surface area contributed by atoms with E-state index in [-0.39, 0.29) is 5.91 Å². The van der Waals surface area contributed by atoms with E-state index in [0.717, 1.165) is 34.7 Å². The quantitative estimate of drug-likeness (QED) is 0.750. The Balaban J connectivity index is 1.68. The molecule has 1 amide bonds. The number of nitrogens with one attached hydrogen (secondary N) is 1. The number of hydrogen-bond donors (Lipinski definition) is 1. The highest BCUT2D eigenvalue weighted by molar-refractivity contribution is 7.11. The van der Waals surface area contributed by atoms with E-state index in [4.69, 9.17) is 0 Å². The van der Waals surface area contributed by atoms with E-state index in [1.807, 2.05) is 17.9 Å². The van der Waals surface area contributed by atoms with Gasteiger partial charge < -0.3 is 9.88 Å². The molecular formula is C16H15N3OS. The van der Waals surface area contributed by atoms with Crippen molar-refractivity contribution in [3.8, 4) is 0 Å². The third kappa shape index (κ3) is 1.96. The lowest BCUT2D eigenvalue weighted by Gasteiger charge is -2.26. The first-order valence-electron chi connectivity index (χ1n) is 7.02. The standard InChI is InChI=1S/C16H15N3OS/c1-10-15(21-9-17-10)16(20)19-7-6-12-11-4-2-3-5-13(11)18-14(12)8-19/h2-5,9,18H,6-8H2,1H3. The molecule has 0 unspecified atom stereocenters. The van der Waals surface area contributed by atoms with Crippen LogP contribution < -0.4 is 0 Å². The predicted molar refractivity (Wildman–Crippen MR) is 83.6 cm³/mol. The third-order valence-corrected chi connectivity index (χ3v) is 5.03. The Kier molecular flexibility index (Phi) is 2.82. The number of aromatic amines is 1. The average Bonchev–Trinajstić information content (AvgIpc) is 3.09. The van der Waals surface area contributed by atoms with Gasteiger partial charge in [-0.1, -0.05) is 18.2 Å². The monoisotopic (exact) mass is 297 g/mol. The second kappa shape index (κ2) is 4.70. The summed E-state index contributed by atoms with van der Waals surface area (Å²) in [7, 11) is 0. The first-order chi connectivity index (χ1) is 10.2. The molecule has 2 aromatic heterocycles. The molecular weight excluding hydrogens is 282 g/mol. The van der Waals surface area contributed by atoms with E-state index >= 15 is 0 Å². The number of aryl methyl sites for hydroxylation is 1. The first kappa shape index (κ1) is 12.6. The van der Waals surface area contributed by atoms with E-state index in [1.54, 1.807) is 5.51 Å². The number of amides is 1. The Morgan fingerprint density at radius 2 is 2.24 bits per heavy atom. The number of fused-ring (bicyclic) bond motifs is 3. The molecule has 106 valence electrons. The number of carbonyl (C=O) groups is 1. The van der Waals surface area contributed by atoms with Crippen LogP contribution in [0.1, 0.15) is 26.6 Å². The number of aromatic nitrogens is 2. The SMILES string of the molecule is Cc1ncsc1C(=O)N1CCc2c([nH]c3ccccc23)C1. The molecule has 0 saturated carbocycles. The van der Waals surface area contributed by atoms with Crippen LogP contribution >= 0.6 is 11.3 Å². The summed E-state index contributed by atoms with van der Waals surface area (Å²) in [6.07, 6.45) is 0.906. The molecule has 0 aliphatic carbocycles. The second-order valence-electron chi connectivity index (χ2n) is 5.37. The molecule has 0 radical (unpaired) electrons. The summed E-state index contributed by atoms with van der Waals surface area (Å²) in [4.78, 5) is 22.9. The smallest absolute Gasteiger partial charge is 0.266 e. The Labute approximate surface area is 126 Å². The summed E-state index contributed by atoms with van der Waals surface area (Å²) in [5.41, 5.74) is 6.24. The molecule has 5 heteroatoms. The van der Waals surface area contributed by atoms with Crippen molar-refractivity contribution in [3.05, 3.63) is 51.6 Å². The van der Waals surface area contributed by atoms with E-state index in [1.165, 1.54) is 22.3 Å². The van der Waals surface area contributed by atoms with Gasteiger partial charge in [-0.25, -0.2) is 4.98 Å². The van der Waals surface area contributed by atoms with Crippen LogP contribution in [0.3, 0.4) is 0 Å². The number of carbonyl (C=O) groups excluding carboxylic acids is 1. The number of H-pyrrole nitrogens is 1. The molecule has 0 spiro atoms. The number of rotatable bonds is 1. The summed E-state index contributed by atoms with van der Waals surface area (Å²) >= 11 is 1.43. The fraction of sp³-hybridized carbons (Fsp3) is 0.250. The zero-order chi connectivity index (χ0) is 14.4. The molecule has 1 N–H and O–H groups in total. The molecule has 0 bridgehead atoms. The number of hydrogen-bond acceptors (Lipinski definition) is 3. The van der Waals surface area contributed by atoms with Crippen LogP contribution in [0, 0.1) is 6.92 Å². The van der Waals surface area contributed by atoms with Crippen LogP contribution in [0.15, 0.2) is 29.8 Å². The number of para-hydroxylation sites is 1. The summed E-state index contributed by atoms with van der Waals surface area (Å²) in [5.74, 6) is 0.0966. The Hall–Kier alpha value is -2.14. The van der Waals surface area contributed by atoms with Crippen LogP contribution in [0.4, 0.5) is 0 Å². The molecule has 1 aliphatic heterocycles. The van der Waals surface area contributed by atoms with Crippen molar-refractivity contribution in [2.45, 2.75) is 19.9 Å². The topological polar surface area (TPSA) is 49.0 Å². The van der Waals surface area contributed by atoms with Gasteiger partial charge in [0.25, 0.3) is 5.91 Å². The molecule has 0 atom stereocenters. The molecule has 1 aromatic carbocycles. The van der Waals surface area contributed by atoms with Gasteiger partial charge in [0.1, 0.15) is 4.88 Å². The van der Waals surface area contributed by atoms with E-state index in [2.05, 4.69) is 28.2 Å². The molecule has 4 nitrogen and oxygen atoms in total. The van der Waals surface area contributed by atoms with E-state index < -0.39 is 0 Å². The molecule has 4 rings (SSSR count). The van der Waals surface area contributed by atoms with Crippen molar-refractivity contribution >= 4 is 28.1 Å². The Morgan fingerprint density at radius 3 is 3.05 bits per heavy atom. The highest BCUT2D eigenvalue weighted by Gasteiger charge is 2.26. The van der Waals surface area contributed by atoms with Gasteiger partial charge in [0.2, 0.25) is 0 Å². The molecule has 3 aromatic rings. The summed E-state index contributed by atoms with van der Waals surface area (Å²) in [6, 6.07) is 8.34. The van der Waals surface area contributed by atoms with Gasteiger partial charge in [0.05, 0.1) is 17.7 Å². The predicted octanol–water partition coefficient (Wildman–Crippen LogP) is 3.13. The lowest BCUT2D eigenvalue weighted by molar-refractivity contribution is 0.0737. The van der Waals surface area contributed by atoms with Crippen LogP contribution in [0.5, 0.6) is 0 Å². The average molecular weight is 297 g/mol. The van der Waals surface area contributed by atoms with Crippen molar-refractivity contribution in [2.24, 2.45) is 0 Å². The maximum atomic E-state index is 12.6. The van der Waals surface area contributed by atoms with Crippen LogP contribution in [-0.2, 0) is 13.0 Å². The van der Waals surface area contributed by atoms with Gasteiger partial charge in [0.15, 0.2) is 0 Å². The number of thiazole rings is 1. The first-order valence-corrected chi connectivity index (χ1v) is 7.90. The number of benzene rings is 1. The summed E-state index contributed by atoms with van der Waals surface area (Å²) in [6.45, 7) is 3.31. The molecule has 21 heavy (non-hydrogen) atoms. The zero-order valence-corrected chi connectivity index (χ0v) is 12.5. The molecule has 0 saturated heterocycles. The van der Waals surface area contributed by atoms with Crippen LogP contribution in [0.25, 0.3) is 10.9 Å². The van der Waals surface area contributed by atoms with Crippen molar-refractivity contribution in [1.82, 2.24) is 14.9 Å². The van der Waals surface area contributed by atoms with Gasteiger partial charge >= 0.3 is 0 Å². The van der Waals surface area contributed by atoms with Gasteiger partial charge in [-0.15, -0.1) is 11.3 Å². The normalized spacial score (nSPS) is 14.4. The van der Waals surface area contributed by atoms with Crippen molar-refractivity contribution in [1.29, 1.82) is 0 Å². The molecule has 0 fully saturated rings. The van der Waals surface area contributed by atoms with Crippen LogP contribution in [-0.4, -0.2) is 27.3 Å². The minimum atomic E-state index is 0.0966. The van der Waals surface area contributed by atoms with Crippen LogP contribution in [0.2, 0.25) is 0 Å². The van der Waals surface area contributed by atoms with Gasteiger partial charge in [-0.3, -0.25) is 4.79 Å². The molecule has 3 heterocycles. The second-order valence-corrected chi connectivity index (χ2v) is 6.23. The Bertz CT molecular complexity index is 833. The van der Waals surface area contributed by atoms with Crippen molar-refractivity contribution in [3.63, 3.8) is 0 Å². The fourth-order valence-electron chi connectivity index (χ4n) is 3.02. The lowest BCUT2D eigenvalue weighted by Crippen LogP contribution is -2.35. The van der Waals surface area contributed by atoms with Crippen molar-refractivity contribution < 1.29 is 4.79 Å². The molecule has 1 aliphatic rings. The van der Waals surface area contributed by atoms with E-state index in [0.29, 0.717) is 6.54 Å². The van der Waals surface area contributed by atoms with Crippen molar-refractivity contribution in [2.75, 3.05) is 6.54 Å². The minimum absolute atomic E-state index is 0.0966. The maximum absolute atomic E-state index is 12.6.